The van der Waals surface area contributed by atoms with Crippen molar-refractivity contribution < 1.29 is 18.4 Å². The summed E-state index contributed by atoms with van der Waals surface area (Å²) in [6.07, 6.45) is 2.34. The van der Waals surface area contributed by atoms with E-state index in [0.717, 1.165) is 12.8 Å². The van der Waals surface area contributed by atoms with Gasteiger partial charge in [0.25, 0.3) is 5.91 Å². The molecule has 1 aliphatic heterocycles. The van der Waals surface area contributed by atoms with Gasteiger partial charge in [-0.2, -0.15) is 0 Å². The summed E-state index contributed by atoms with van der Waals surface area (Å²) in [5.41, 5.74) is 0.636. The molecule has 2 aromatic rings. The highest BCUT2D eigenvalue weighted by Crippen LogP contribution is 2.27. The first kappa shape index (κ1) is 14.6. The topological polar surface area (TPSA) is 71.3 Å². The van der Waals surface area contributed by atoms with Crippen LogP contribution in [0, 0.1) is 12.7 Å². The molecule has 5 nitrogen and oxygen atoms in total. The third-order valence-corrected chi connectivity index (χ3v) is 3.96. The summed E-state index contributed by atoms with van der Waals surface area (Å²) in [5, 5.41) is 6.00. The first-order valence-corrected chi connectivity index (χ1v) is 7.34. The first-order valence-electron chi connectivity index (χ1n) is 7.34. The number of nitrogens with one attached hydrogen (secondary N) is 2. The lowest BCUT2D eigenvalue weighted by atomic mass is 10.1. The highest BCUT2D eigenvalue weighted by atomic mass is 19.1. The maximum absolute atomic E-state index is 13.7. The number of halogens is 1. The predicted octanol–water partition coefficient (Wildman–Crippen LogP) is 2.28. The van der Waals surface area contributed by atoms with Crippen molar-refractivity contribution >= 4 is 22.8 Å². The van der Waals surface area contributed by atoms with Gasteiger partial charge in [0.1, 0.15) is 6.04 Å². The van der Waals surface area contributed by atoms with Gasteiger partial charge in [0.15, 0.2) is 17.2 Å². The van der Waals surface area contributed by atoms with E-state index in [0.29, 0.717) is 23.9 Å². The van der Waals surface area contributed by atoms with Crippen molar-refractivity contribution in [3.8, 4) is 0 Å². The number of carbonyl (C=O) groups is 2. The molecule has 6 heteroatoms. The molecular formula is C16H17FN2O3. The van der Waals surface area contributed by atoms with Crippen LogP contribution in [-0.2, 0) is 4.79 Å². The van der Waals surface area contributed by atoms with E-state index in [4.69, 9.17) is 4.42 Å². The average Bonchev–Trinajstić information content (AvgIpc) is 2.71. The Morgan fingerprint density at radius 1 is 1.41 bits per heavy atom. The van der Waals surface area contributed by atoms with Crippen molar-refractivity contribution in [3.63, 3.8) is 0 Å². The number of amides is 2. The van der Waals surface area contributed by atoms with E-state index in [2.05, 4.69) is 10.6 Å². The summed E-state index contributed by atoms with van der Waals surface area (Å²) >= 11 is 0. The molecule has 2 amide bonds. The molecule has 0 radical (unpaired) electrons. The molecule has 0 unspecified atom stereocenters. The van der Waals surface area contributed by atoms with Crippen LogP contribution in [0.3, 0.4) is 0 Å². The maximum Gasteiger partial charge on any atom is 0.287 e. The summed E-state index contributed by atoms with van der Waals surface area (Å²) < 4.78 is 19.1. The van der Waals surface area contributed by atoms with E-state index in [1.807, 2.05) is 0 Å². The van der Waals surface area contributed by atoms with Gasteiger partial charge >= 0.3 is 0 Å². The molecule has 1 aliphatic rings. The van der Waals surface area contributed by atoms with Crippen LogP contribution >= 0.6 is 0 Å². The second-order valence-corrected chi connectivity index (χ2v) is 5.49. The molecule has 22 heavy (non-hydrogen) atoms. The molecule has 1 aromatic heterocycles. The van der Waals surface area contributed by atoms with Crippen molar-refractivity contribution in [2.75, 3.05) is 6.54 Å². The van der Waals surface area contributed by atoms with Gasteiger partial charge in [-0.05, 0) is 32.3 Å². The molecule has 2 heterocycles. The SMILES string of the molecule is Cc1c(C(=O)N[C@H]2CCCCNC2=O)oc2c(F)cccc12. The molecule has 0 saturated carbocycles. The molecular weight excluding hydrogens is 287 g/mol. The van der Waals surface area contributed by atoms with Gasteiger partial charge in [0, 0.05) is 17.5 Å². The van der Waals surface area contributed by atoms with Crippen molar-refractivity contribution in [3.05, 3.63) is 35.3 Å². The second kappa shape index (κ2) is 5.79. The summed E-state index contributed by atoms with van der Waals surface area (Å²) in [4.78, 5) is 24.2. The Hall–Kier alpha value is -2.37. The first-order chi connectivity index (χ1) is 10.6. The third-order valence-electron chi connectivity index (χ3n) is 3.96. The molecule has 116 valence electrons. The maximum atomic E-state index is 13.7. The van der Waals surface area contributed by atoms with Crippen LogP contribution in [-0.4, -0.2) is 24.4 Å². The summed E-state index contributed by atoms with van der Waals surface area (Å²) in [7, 11) is 0. The smallest absolute Gasteiger partial charge is 0.287 e. The molecule has 0 spiro atoms. The Bertz CT molecular complexity index is 738. The Morgan fingerprint density at radius 3 is 3.00 bits per heavy atom. The van der Waals surface area contributed by atoms with E-state index >= 15 is 0 Å². The molecule has 0 aliphatic carbocycles. The Labute approximate surface area is 126 Å². The zero-order chi connectivity index (χ0) is 15.7. The van der Waals surface area contributed by atoms with Crippen molar-refractivity contribution in [1.82, 2.24) is 10.6 Å². The second-order valence-electron chi connectivity index (χ2n) is 5.49. The Kier molecular flexibility index (Phi) is 3.83. The van der Waals surface area contributed by atoms with E-state index in [9.17, 15) is 14.0 Å². The minimum atomic E-state index is -0.576. The minimum Gasteiger partial charge on any atom is -0.448 e. The quantitative estimate of drug-likeness (QED) is 0.894. The average molecular weight is 304 g/mol. The largest absolute Gasteiger partial charge is 0.448 e. The normalized spacial score (nSPS) is 18.8. The monoisotopic (exact) mass is 304 g/mol. The third kappa shape index (κ3) is 2.56. The highest BCUT2D eigenvalue weighted by molar-refractivity contribution is 6.01. The van der Waals surface area contributed by atoms with Gasteiger partial charge in [-0.1, -0.05) is 12.1 Å². The van der Waals surface area contributed by atoms with Gasteiger partial charge in [-0.3, -0.25) is 9.59 Å². The summed E-state index contributed by atoms with van der Waals surface area (Å²) in [6, 6.07) is 3.98. The standard InChI is InChI=1S/C16H17FN2O3/c1-9-10-5-4-6-11(17)14(10)22-13(9)16(21)19-12-7-2-3-8-18-15(12)20/h4-6,12H,2-3,7-8H2,1H3,(H,18,20)(H,19,21)/t12-/m0/s1. The van der Waals surface area contributed by atoms with Crippen LogP contribution in [0.1, 0.15) is 35.4 Å². The van der Waals surface area contributed by atoms with Crippen molar-refractivity contribution in [2.24, 2.45) is 0 Å². The van der Waals surface area contributed by atoms with Gasteiger partial charge in [-0.15, -0.1) is 0 Å². The predicted molar refractivity (Wildman–Crippen MR) is 79.0 cm³/mol. The molecule has 1 saturated heterocycles. The van der Waals surface area contributed by atoms with Crippen LogP contribution in [0.2, 0.25) is 0 Å². The molecule has 1 fully saturated rings. The Morgan fingerprint density at radius 2 is 2.23 bits per heavy atom. The molecule has 1 aromatic carbocycles. The van der Waals surface area contributed by atoms with Crippen LogP contribution in [0.5, 0.6) is 0 Å². The number of rotatable bonds is 2. The van der Waals surface area contributed by atoms with Gasteiger partial charge < -0.3 is 15.1 Å². The fraction of sp³-hybridized carbons (Fsp3) is 0.375. The summed E-state index contributed by atoms with van der Waals surface area (Å²) in [6.45, 7) is 2.33. The van der Waals surface area contributed by atoms with E-state index in [1.165, 1.54) is 6.07 Å². The van der Waals surface area contributed by atoms with Crippen molar-refractivity contribution in [2.45, 2.75) is 32.2 Å². The van der Waals surface area contributed by atoms with E-state index in [-0.39, 0.29) is 17.3 Å². The lowest BCUT2D eigenvalue weighted by Crippen LogP contribution is -2.45. The van der Waals surface area contributed by atoms with Crippen LogP contribution in [0.4, 0.5) is 4.39 Å². The molecule has 2 N–H and O–H groups in total. The lowest BCUT2D eigenvalue weighted by Gasteiger charge is -2.14. The fourth-order valence-electron chi connectivity index (χ4n) is 2.73. The fourth-order valence-corrected chi connectivity index (χ4v) is 2.73. The van der Waals surface area contributed by atoms with Crippen LogP contribution < -0.4 is 10.6 Å². The number of fused-ring (bicyclic) bond motifs is 1. The number of hydrogen-bond acceptors (Lipinski definition) is 3. The van der Waals surface area contributed by atoms with Gasteiger partial charge in [0.05, 0.1) is 0 Å². The van der Waals surface area contributed by atoms with E-state index in [1.54, 1.807) is 19.1 Å². The zero-order valence-electron chi connectivity index (χ0n) is 12.2. The summed E-state index contributed by atoms with van der Waals surface area (Å²) in [5.74, 6) is -1.13. The van der Waals surface area contributed by atoms with Crippen LogP contribution in [0.15, 0.2) is 22.6 Å². The molecule has 1 atom stereocenters. The number of para-hydroxylation sites is 1. The molecule has 0 bridgehead atoms. The van der Waals surface area contributed by atoms with Gasteiger partial charge in [-0.25, -0.2) is 4.39 Å². The highest BCUT2D eigenvalue weighted by Gasteiger charge is 2.26. The number of carbonyl (C=O) groups excluding carboxylic acids is 2. The minimum absolute atomic E-state index is 0.0529. The number of benzene rings is 1. The van der Waals surface area contributed by atoms with E-state index < -0.39 is 17.8 Å². The van der Waals surface area contributed by atoms with Gasteiger partial charge in [0.2, 0.25) is 5.91 Å². The number of aryl methyl sites for hydroxylation is 1. The number of furan rings is 1. The molecule has 3 rings (SSSR count). The zero-order valence-corrected chi connectivity index (χ0v) is 12.2. The van der Waals surface area contributed by atoms with Crippen molar-refractivity contribution in [1.29, 1.82) is 0 Å². The lowest BCUT2D eigenvalue weighted by molar-refractivity contribution is -0.122. The Balaban J connectivity index is 1.87. The number of hydrogen-bond donors (Lipinski definition) is 2. The van der Waals surface area contributed by atoms with Crippen LogP contribution in [0.25, 0.3) is 11.0 Å².